The number of nitrogens with one attached hydrogen (secondary N) is 1. The van der Waals surface area contributed by atoms with Crippen LogP contribution in [-0.4, -0.2) is 49.2 Å². The fourth-order valence-corrected chi connectivity index (χ4v) is 4.43. The van der Waals surface area contributed by atoms with Crippen LogP contribution in [0.15, 0.2) is 18.2 Å². The molecule has 0 bridgehead atoms. The third-order valence-corrected chi connectivity index (χ3v) is 6.56. The highest BCUT2D eigenvalue weighted by molar-refractivity contribution is 5.55. The minimum atomic E-state index is 0.608. The highest BCUT2D eigenvalue weighted by atomic mass is 15.3. The summed E-state index contributed by atoms with van der Waals surface area (Å²) in [4.78, 5) is 15.1. The van der Waals surface area contributed by atoms with Gasteiger partial charge in [-0.2, -0.15) is 0 Å². The molecule has 3 aliphatic rings. The fraction of sp³-hybridized carbons (Fsp3) is 0.565. The Morgan fingerprint density at radius 3 is 2.39 bits per heavy atom. The molecule has 1 aromatic carbocycles. The average molecular weight is 378 g/mol. The molecule has 5 rings (SSSR count). The molecule has 0 amide bonds. The van der Waals surface area contributed by atoms with Gasteiger partial charge in [-0.05, 0) is 62.9 Å². The van der Waals surface area contributed by atoms with Gasteiger partial charge in [-0.1, -0.05) is 6.07 Å². The zero-order valence-corrected chi connectivity index (χ0v) is 17.2. The summed E-state index contributed by atoms with van der Waals surface area (Å²) in [6, 6.07) is 6.85. The molecule has 28 heavy (non-hydrogen) atoms. The van der Waals surface area contributed by atoms with E-state index in [1.54, 1.807) is 0 Å². The van der Waals surface area contributed by atoms with E-state index in [2.05, 4.69) is 47.2 Å². The summed E-state index contributed by atoms with van der Waals surface area (Å²) < 4.78 is 0. The monoisotopic (exact) mass is 377 g/mol. The number of aromatic nitrogens is 2. The van der Waals surface area contributed by atoms with Gasteiger partial charge in [0, 0.05) is 56.3 Å². The van der Waals surface area contributed by atoms with Crippen LogP contribution in [-0.2, 0) is 12.8 Å². The van der Waals surface area contributed by atoms with Gasteiger partial charge in [0.1, 0.15) is 11.6 Å². The fourth-order valence-electron chi connectivity index (χ4n) is 4.43. The Bertz CT molecular complexity index is 866. The van der Waals surface area contributed by atoms with E-state index in [-0.39, 0.29) is 0 Å². The molecule has 1 aromatic heterocycles. The van der Waals surface area contributed by atoms with Crippen LogP contribution in [0, 0.1) is 13.8 Å². The molecule has 0 unspecified atom stereocenters. The van der Waals surface area contributed by atoms with Crippen LogP contribution in [0.2, 0.25) is 0 Å². The highest BCUT2D eigenvalue weighted by Crippen LogP contribution is 2.40. The minimum Gasteiger partial charge on any atom is -0.368 e. The SMILES string of the molecule is Cc1ccc(N2CCN(c3nc(C4CC4)nc4c3CCNCC4)CC2)cc1C. The van der Waals surface area contributed by atoms with Gasteiger partial charge in [-0.3, -0.25) is 0 Å². The third-order valence-electron chi connectivity index (χ3n) is 6.56. The number of rotatable bonds is 3. The van der Waals surface area contributed by atoms with E-state index in [1.165, 1.54) is 46.7 Å². The van der Waals surface area contributed by atoms with Crippen LogP contribution in [0.4, 0.5) is 11.5 Å². The second kappa shape index (κ2) is 7.36. The van der Waals surface area contributed by atoms with Gasteiger partial charge in [0.2, 0.25) is 0 Å². The Kier molecular flexibility index (Phi) is 4.71. The van der Waals surface area contributed by atoms with Crippen molar-refractivity contribution in [1.82, 2.24) is 15.3 Å². The standard InChI is InChI=1S/C23H31N5/c1-16-3-6-19(15-17(16)2)27-11-13-28(14-12-27)23-20-7-9-24-10-8-21(20)25-22(26-23)18-4-5-18/h3,6,15,18,24H,4-5,7-14H2,1-2H3. The van der Waals surface area contributed by atoms with Crippen LogP contribution in [0.5, 0.6) is 0 Å². The average Bonchev–Trinajstić information content (AvgIpc) is 3.56. The van der Waals surface area contributed by atoms with Gasteiger partial charge >= 0.3 is 0 Å². The van der Waals surface area contributed by atoms with Crippen molar-refractivity contribution >= 4 is 11.5 Å². The number of nitrogens with zero attached hydrogens (tertiary/aromatic N) is 4. The molecule has 0 radical (unpaired) electrons. The van der Waals surface area contributed by atoms with E-state index < -0.39 is 0 Å². The van der Waals surface area contributed by atoms with E-state index in [0.29, 0.717) is 5.92 Å². The first-order chi connectivity index (χ1) is 13.7. The van der Waals surface area contributed by atoms with Crippen LogP contribution in [0.25, 0.3) is 0 Å². The maximum atomic E-state index is 5.11. The number of benzene rings is 1. The molecule has 1 saturated heterocycles. The summed E-state index contributed by atoms with van der Waals surface area (Å²) in [6.07, 6.45) is 4.61. The van der Waals surface area contributed by atoms with E-state index in [1.807, 2.05) is 0 Å². The second-order valence-electron chi connectivity index (χ2n) is 8.60. The third kappa shape index (κ3) is 3.48. The number of hydrogen-bond donors (Lipinski definition) is 1. The highest BCUT2D eigenvalue weighted by Gasteiger charge is 2.31. The summed E-state index contributed by atoms with van der Waals surface area (Å²) in [6.45, 7) is 10.6. The Morgan fingerprint density at radius 2 is 1.64 bits per heavy atom. The van der Waals surface area contributed by atoms with Gasteiger partial charge in [0.15, 0.2) is 0 Å². The predicted molar refractivity (Wildman–Crippen MR) is 115 cm³/mol. The molecule has 1 aliphatic carbocycles. The number of anilines is 2. The lowest BCUT2D eigenvalue weighted by atomic mass is 10.1. The molecule has 148 valence electrons. The number of hydrogen-bond acceptors (Lipinski definition) is 5. The Hall–Kier alpha value is -2.14. The van der Waals surface area contributed by atoms with E-state index in [4.69, 9.17) is 9.97 Å². The number of aryl methyl sites for hydroxylation is 2. The molecular weight excluding hydrogens is 346 g/mol. The predicted octanol–water partition coefficient (Wildman–Crippen LogP) is 2.99. The summed E-state index contributed by atoms with van der Waals surface area (Å²) in [5.41, 5.74) is 6.80. The van der Waals surface area contributed by atoms with E-state index in [0.717, 1.165) is 57.9 Å². The molecule has 0 spiro atoms. The molecule has 3 heterocycles. The quantitative estimate of drug-likeness (QED) is 0.891. The largest absolute Gasteiger partial charge is 0.368 e. The van der Waals surface area contributed by atoms with Gasteiger partial charge in [0.05, 0.1) is 5.69 Å². The van der Waals surface area contributed by atoms with Gasteiger partial charge in [0.25, 0.3) is 0 Å². The van der Waals surface area contributed by atoms with Crippen LogP contribution in [0.1, 0.15) is 47.0 Å². The first-order valence-electron chi connectivity index (χ1n) is 10.9. The lowest BCUT2D eigenvalue weighted by molar-refractivity contribution is 0.639. The molecule has 1 N–H and O–H groups in total. The van der Waals surface area contributed by atoms with Crippen molar-refractivity contribution in [3.05, 3.63) is 46.4 Å². The Labute approximate surface area is 168 Å². The van der Waals surface area contributed by atoms with Crippen molar-refractivity contribution < 1.29 is 0 Å². The zero-order valence-electron chi connectivity index (χ0n) is 17.2. The summed E-state index contributed by atoms with van der Waals surface area (Å²) >= 11 is 0. The molecule has 5 heteroatoms. The summed E-state index contributed by atoms with van der Waals surface area (Å²) in [7, 11) is 0. The van der Waals surface area contributed by atoms with Crippen molar-refractivity contribution in [3.63, 3.8) is 0 Å². The smallest absolute Gasteiger partial charge is 0.135 e. The number of fused-ring (bicyclic) bond motifs is 1. The number of piperazine rings is 1. The van der Waals surface area contributed by atoms with E-state index >= 15 is 0 Å². The topological polar surface area (TPSA) is 44.3 Å². The van der Waals surface area contributed by atoms with Crippen molar-refractivity contribution in [1.29, 1.82) is 0 Å². The van der Waals surface area contributed by atoms with E-state index in [9.17, 15) is 0 Å². The van der Waals surface area contributed by atoms with Crippen molar-refractivity contribution in [3.8, 4) is 0 Å². The maximum absolute atomic E-state index is 5.11. The molecular formula is C23H31N5. The second-order valence-corrected chi connectivity index (χ2v) is 8.60. The first-order valence-corrected chi connectivity index (χ1v) is 10.9. The van der Waals surface area contributed by atoms with Gasteiger partial charge in [-0.15, -0.1) is 0 Å². The summed E-state index contributed by atoms with van der Waals surface area (Å²) in [5.74, 6) is 2.94. The molecule has 2 aliphatic heterocycles. The molecule has 0 atom stereocenters. The lowest BCUT2D eigenvalue weighted by Crippen LogP contribution is -2.47. The van der Waals surface area contributed by atoms with Crippen LogP contribution < -0.4 is 15.1 Å². The van der Waals surface area contributed by atoms with Crippen molar-refractivity contribution in [2.75, 3.05) is 49.1 Å². The van der Waals surface area contributed by atoms with Crippen LogP contribution in [0.3, 0.4) is 0 Å². The normalized spacial score (nSPS) is 20.1. The van der Waals surface area contributed by atoms with Crippen LogP contribution >= 0.6 is 0 Å². The Balaban J connectivity index is 1.38. The van der Waals surface area contributed by atoms with Gasteiger partial charge in [-0.25, -0.2) is 9.97 Å². The van der Waals surface area contributed by atoms with Crippen molar-refractivity contribution in [2.45, 2.75) is 45.4 Å². The Morgan fingerprint density at radius 1 is 0.893 bits per heavy atom. The van der Waals surface area contributed by atoms with Gasteiger partial charge < -0.3 is 15.1 Å². The molecule has 2 aromatic rings. The summed E-state index contributed by atoms with van der Waals surface area (Å²) in [5, 5.41) is 3.53. The minimum absolute atomic E-state index is 0.608. The molecule has 1 saturated carbocycles. The van der Waals surface area contributed by atoms with Crippen molar-refractivity contribution in [2.24, 2.45) is 0 Å². The first kappa shape index (κ1) is 17.9. The lowest BCUT2D eigenvalue weighted by Gasteiger charge is -2.38. The zero-order chi connectivity index (χ0) is 19.1. The maximum Gasteiger partial charge on any atom is 0.135 e. The molecule has 5 nitrogen and oxygen atoms in total. The molecule has 2 fully saturated rings.